The summed E-state index contributed by atoms with van der Waals surface area (Å²) in [5.41, 5.74) is 10.9. The fourth-order valence-electron chi connectivity index (χ4n) is 2.89. The lowest BCUT2D eigenvalue weighted by atomic mass is 9.96. The van der Waals surface area contributed by atoms with Crippen LogP contribution in [0.15, 0.2) is 72.8 Å². The number of carbonyl (C=O) groups is 1. The van der Waals surface area contributed by atoms with Crippen LogP contribution in [0.2, 0.25) is 0 Å². The predicted octanol–water partition coefficient (Wildman–Crippen LogP) is 3.88. The Balaban J connectivity index is 1.75. The molecule has 0 bridgehead atoms. The van der Waals surface area contributed by atoms with Crippen LogP contribution in [0.25, 0.3) is 11.1 Å². The second-order valence-corrected chi connectivity index (χ2v) is 6.14. The molecule has 0 saturated carbocycles. The first-order valence-corrected chi connectivity index (χ1v) is 8.43. The molecule has 4 nitrogen and oxygen atoms in total. The Morgan fingerprint density at radius 3 is 2.31 bits per heavy atom. The monoisotopic (exact) mass is 343 g/mol. The van der Waals surface area contributed by atoms with E-state index in [2.05, 4.69) is 5.32 Å². The normalized spacial score (nSPS) is 10.3. The Labute approximate surface area is 153 Å². The highest BCUT2D eigenvalue weighted by molar-refractivity contribution is 5.97. The van der Waals surface area contributed by atoms with Crippen LogP contribution in [0.5, 0.6) is 0 Å². The van der Waals surface area contributed by atoms with Crippen LogP contribution >= 0.6 is 0 Å². The van der Waals surface area contributed by atoms with Crippen molar-refractivity contribution in [2.45, 2.75) is 13.5 Å². The van der Waals surface area contributed by atoms with E-state index >= 15 is 0 Å². The van der Waals surface area contributed by atoms with Crippen LogP contribution in [0.3, 0.4) is 0 Å². The standard InChI is InChI=1S/C22H21N3O/c1-15-19(17-6-3-2-4-7-17)8-5-9-20(15)22(26)25-14-16-10-12-18(13-11-16)21(23)24/h2-13H,14H2,1H3,(H3,23,24)(H,25,26). The third-order valence-corrected chi connectivity index (χ3v) is 4.38. The predicted molar refractivity (Wildman–Crippen MR) is 105 cm³/mol. The third kappa shape index (κ3) is 3.81. The molecule has 3 aromatic carbocycles. The van der Waals surface area contributed by atoms with E-state index in [1.165, 1.54) is 0 Å². The van der Waals surface area contributed by atoms with Crippen molar-refractivity contribution in [3.8, 4) is 11.1 Å². The second kappa shape index (κ2) is 7.66. The Morgan fingerprint density at radius 1 is 0.962 bits per heavy atom. The van der Waals surface area contributed by atoms with Gasteiger partial charge in [0.1, 0.15) is 5.84 Å². The summed E-state index contributed by atoms with van der Waals surface area (Å²) in [4.78, 5) is 12.6. The van der Waals surface area contributed by atoms with Gasteiger partial charge in [-0.3, -0.25) is 10.2 Å². The van der Waals surface area contributed by atoms with E-state index in [4.69, 9.17) is 11.1 Å². The molecule has 0 atom stereocenters. The van der Waals surface area contributed by atoms with Gasteiger partial charge in [-0.15, -0.1) is 0 Å². The molecule has 0 aromatic heterocycles. The molecule has 26 heavy (non-hydrogen) atoms. The Hall–Kier alpha value is -3.40. The highest BCUT2D eigenvalue weighted by Crippen LogP contribution is 2.25. The van der Waals surface area contributed by atoms with Crippen LogP contribution in [-0.2, 0) is 6.54 Å². The van der Waals surface area contributed by atoms with E-state index < -0.39 is 0 Å². The van der Waals surface area contributed by atoms with Crippen molar-refractivity contribution in [1.29, 1.82) is 5.41 Å². The molecule has 0 unspecified atom stereocenters. The van der Waals surface area contributed by atoms with Crippen molar-refractivity contribution in [3.63, 3.8) is 0 Å². The zero-order valence-corrected chi connectivity index (χ0v) is 14.6. The first kappa shape index (κ1) is 17.4. The fourth-order valence-corrected chi connectivity index (χ4v) is 2.89. The average Bonchev–Trinajstić information content (AvgIpc) is 2.67. The highest BCUT2D eigenvalue weighted by atomic mass is 16.1. The van der Waals surface area contributed by atoms with Crippen molar-refractivity contribution in [2.75, 3.05) is 0 Å². The summed E-state index contributed by atoms with van der Waals surface area (Å²) >= 11 is 0. The molecule has 3 aromatic rings. The second-order valence-electron chi connectivity index (χ2n) is 6.14. The van der Waals surface area contributed by atoms with E-state index in [9.17, 15) is 4.79 Å². The first-order chi connectivity index (χ1) is 12.6. The summed E-state index contributed by atoms with van der Waals surface area (Å²) in [7, 11) is 0. The number of hydrogen-bond acceptors (Lipinski definition) is 2. The number of nitrogens with one attached hydrogen (secondary N) is 2. The summed E-state index contributed by atoms with van der Waals surface area (Å²) in [5, 5.41) is 10.4. The molecule has 0 saturated heterocycles. The van der Waals surface area contributed by atoms with Gasteiger partial charge < -0.3 is 11.1 Å². The van der Waals surface area contributed by atoms with Gasteiger partial charge in [0.2, 0.25) is 0 Å². The summed E-state index contributed by atoms with van der Waals surface area (Å²) < 4.78 is 0. The molecule has 0 radical (unpaired) electrons. The minimum atomic E-state index is -0.101. The van der Waals surface area contributed by atoms with Crippen molar-refractivity contribution in [1.82, 2.24) is 5.32 Å². The summed E-state index contributed by atoms with van der Waals surface area (Å²) in [6.07, 6.45) is 0. The minimum absolute atomic E-state index is 0.0361. The summed E-state index contributed by atoms with van der Waals surface area (Å²) in [6.45, 7) is 2.39. The van der Waals surface area contributed by atoms with Gasteiger partial charge in [0.05, 0.1) is 0 Å². The molecule has 0 aliphatic rings. The molecule has 0 aliphatic carbocycles. The number of hydrogen-bond donors (Lipinski definition) is 3. The van der Waals surface area contributed by atoms with Gasteiger partial charge in [0, 0.05) is 17.7 Å². The Morgan fingerprint density at radius 2 is 1.65 bits per heavy atom. The highest BCUT2D eigenvalue weighted by Gasteiger charge is 2.12. The topological polar surface area (TPSA) is 79.0 Å². The van der Waals surface area contributed by atoms with Crippen LogP contribution in [0.4, 0.5) is 0 Å². The number of carbonyl (C=O) groups excluding carboxylic acids is 1. The van der Waals surface area contributed by atoms with Crippen molar-refractivity contribution < 1.29 is 4.79 Å². The molecule has 4 N–H and O–H groups in total. The molecule has 3 rings (SSSR count). The Kier molecular flexibility index (Phi) is 5.13. The lowest BCUT2D eigenvalue weighted by Crippen LogP contribution is -2.23. The molecule has 0 fully saturated rings. The van der Waals surface area contributed by atoms with E-state index in [1.807, 2.05) is 67.6 Å². The van der Waals surface area contributed by atoms with Crippen LogP contribution in [0.1, 0.15) is 27.0 Å². The summed E-state index contributed by atoms with van der Waals surface area (Å²) in [6, 6.07) is 23.1. The van der Waals surface area contributed by atoms with Gasteiger partial charge in [0.15, 0.2) is 0 Å². The quantitative estimate of drug-likeness (QED) is 0.485. The largest absolute Gasteiger partial charge is 0.384 e. The SMILES string of the molecule is Cc1c(C(=O)NCc2ccc(C(=N)N)cc2)cccc1-c1ccccc1. The van der Waals surface area contributed by atoms with E-state index in [1.54, 1.807) is 12.1 Å². The van der Waals surface area contributed by atoms with Gasteiger partial charge in [-0.1, -0.05) is 66.7 Å². The number of nitrogens with two attached hydrogens (primary N) is 1. The Bertz CT molecular complexity index is 931. The number of benzene rings is 3. The molecule has 4 heteroatoms. The van der Waals surface area contributed by atoms with Crippen molar-refractivity contribution >= 4 is 11.7 Å². The van der Waals surface area contributed by atoms with Gasteiger partial charge >= 0.3 is 0 Å². The molecule has 0 aliphatic heterocycles. The molecular formula is C22H21N3O. The number of amidine groups is 1. The average molecular weight is 343 g/mol. The van der Waals surface area contributed by atoms with Gasteiger partial charge in [-0.25, -0.2) is 0 Å². The summed E-state index contributed by atoms with van der Waals surface area (Å²) in [5.74, 6) is -0.0649. The zero-order valence-electron chi connectivity index (χ0n) is 14.6. The van der Waals surface area contributed by atoms with Crippen molar-refractivity contribution in [3.05, 3.63) is 95.1 Å². The van der Waals surface area contributed by atoms with Gasteiger partial charge in [-0.2, -0.15) is 0 Å². The number of nitrogen functional groups attached to an aromatic ring is 1. The first-order valence-electron chi connectivity index (χ1n) is 8.43. The van der Waals surface area contributed by atoms with Crippen LogP contribution in [-0.4, -0.2) is 11.7 Å². The zero-order chi connectivity index (χ0) is 18.5. The maximum Gasteiger partial charge on any atom is 0.251 e. The van der Waals surface area contributed by atoms with Crippen LogP contribution in [0, 0.1) is 12.3 Å². The molecular weight excluding hydrogens is 322 g/mol. The van der Waals surface area contributed by atoms with E-state index in [0.717, 1.165) is 22.3 Å². The molecule has 0 heterocycles. The van der Waals surface area contributed by atoms with Gasteiger partial charge in [0.25, 0.3) is 5.91 Å². The lowest BCUT2D eigenvalue weighted by Gasteiger charge is -2.12. The van der Waals surface area contributed by atoms with Crippen molar-refractivity contribution in [2.24, 2.45) is 5.73 Å². The molecule has 0 spiro atoms. The van der Waals surface area contributed by atoms with Gasteiger partial charge in [-0.05, 0) is 35.2 Å². The molecule has 130 valence electrons. The smallest absolute Gasteiger partial charge is 0.251 e. The lowest BCUT2D eigenvalue weighted by molar-refractivity contribution is 0.0950. The number of amides is 1. The fraction of sp³-hybridized carbons (Fsp3) is 0.0909. The molecule has 1 amide bonds. The van der Waals surface area contributed by atoms with Crippen LogP contribution < -0.4 is 11.1 Å². The number of rotatable bonds is 5. The third-order valence-electron chi connectivity index (χ3n) is 4.38. The maximum atomic E-state index is 12.6. The minimum Gasteiger partial charge on any atom is -0.384 e. The van der Waals surface area contributed by atoms with E-state index in [-0.39, 0.29) is 11.7 Å². The van der Waals surface area contributed by atoms with E-state index in [0.29, 0.717) is 17.7 Å². The maximum absolute atomic E-state index is 12.6.